The van der Waals surface area contributed by atoms with Crippen LogP contribution in [0.5, 0.6) is 0 Å². The molecule has 29 heavy (non-hydrogen) atoms. The first-order valence-corrected chi connectivity index (χ1v) is 9.27. The van der Waals surface area contributed by atoms with E-state index in [0.29, 0.717) is 36.2 Å². The van der Waals surface area contributed by atoms with Crippen LogP contribution in [-0.2, 0) is 9.59 Å². The fourth-order valence-electron chi connectivity index (χ4n) is 2.68. The molecule has 6 nitrogen and oxygen atoms in total. The van der Waals surface area contributed by atoms with Crippen LogP contribution in [0.15, 0.2) is 42.5 Å². The van der Waals surface area contributed by atoms with Crippen LogP contribution in [0.3, 0.4) is 0 Å². The van der Waals surface area contributed by atoms with Crippen LogP contribution in [0.2, 0.25) is 0 Å². The van der Waals surface area contributed by atoms with E-state index in [1.165, 1.54) is 18.2 Å². The van der Waals surface area contributed by atoms with Crippen molar-refractivity contribution in [1.29, 1.82) is 0 Å². The predicted octanol–water partition coefficient (Wildman–Crippen LogP) is 3.94. The number of rotatable bonds is 11. The summed E-state index contributed by atoms with van der Waals surface area (Å²) in [7, 11) is 0. The summed E-state index contributed by atoms with van der Waals surface area (Å²) >= 11 is 0. The minimum absolute atomic E-state index is 0.144. The molecule has 2 amide bonds. The summed E-state index contributed by atoms with van der Waals surface area (Å²) in [5.74, 6) is -1.41. The molecule has 0 atom stereocenters. The highest BCUT2D eigenvalue weighted by Crippen LogP contribution is 2.19. The molecule has 0 saturated heterocycles. The van der Waals surface area contributed by atoms with E-state index < -0.39 is 11.8 Å². The standard InChI is InChI=1S/C22H23FN2O4/c23-19-11-12-20(25-15-26)18(14-19)10-7-16-5-8-17(9-6-16)22(29)24-13-3-1-2-4-21(27)28/h5-12,14-15H,1-4,13H2,(H,24,29)(H,25,26)(H,27,28)/b10-7+. The average Bonchev–Trinajstić information content (AvgIpc) is 2.71. The van der Waals surface area contributed by atoms with Crippen molar-refractivity contribution in [3.63, 3.8) is 0 Å². The van der Waals surface area contributed by atoms with E-state index in [0.717, 1.165) is 18.4 Å². The van der Waals surface area contributed by atoms with Crippen LogP contribution in [0, 0.1) is 5.82 Å². The van der Waals surface area contributed by atoms with Crippen molar-refractivity contribution in [2.24, 2.45) is 0 Å². The van der Waals surface area contributed by atoms with E-state index >= 15 is 0 Å². The third kappa shape index (κ3) is 7.57. The number of unbranched alkanes of at least 4 members (excludes halogenated alkanes) is 2. The van der Waals surface area contributed by atoms with Crippen LogP contribution in [0.4, 0.5) is 10.1 Å². The monoisotopic (exact) mass is 398 g/mol. The molecule has 0 spiro atoms. The zero-order valence-electron chi connectivity index (χ0n) is 15.9. The Morgan fingerprint density at radius 1 is 1.00 bits per heavy atom. The maximum Gasteiger partial charge on any atom is 0.303 e. The van der Waals surface area contributed by atoms with Crippen LogP contribution >= 0.6 is 0 Å². The highest BCUT2D eigenvalue weighted by atomic mass is 19.1. The molecule has 7 heteroatoms. The molecule has 0 aromatic heterocycles. The van der Waals surface area contributed by atoms with Gasteiger partial charge in [0.2, 0.25) is 6.41 Å². The number of anilines is 1. The van der Waals surface area contributed by atoms with Gasteiger partial charge in [-0.05, 0) is 48.7 Å². The molecule has 2 aromatic rings. The minimum atomic E-state index is -0.809. The van der Waals surface area contributed by atoms with Gasteiger partial charge < -0.3 is 15.7 Å². The highest BCUT2D eigenvalue weighted by Gasteiger charge is 2.05. The van der Waals surface area contributed by atoms with E-state index in [9.17, 15) is 18.8 Å². The van der Waals surface area contributed by atoms with Gasteiger partial charge in [-0.3, -0.25) is 14.4 Å². The quantitative estimate of drug-likeness (QED) is 0.303. The van der Waals surface area contributed by atoms with Crippen molar-refractivity contribution < 1.29 is 23.9 Å². The number of carboxylic acids is 1. The first-order valence-electron chi connectivity index (χ1n) is 9.27. The SMILES string of the molecule is O=CNc1ccc(F)cc1/C=C/c1ccc(C(=O)NCCCCCC(=O)O)cc1. The molecule has 0 unspecified atom stereocenters. The van der Waals surface area contributed by atoms with E-state index in [1.54, 1.807) is 36.4 Å². The summed E-state index contributed by atoms with van der Waals surface area (Å²) in [6, 6.07) is 11.0. The van der Waals surface area contributed by atoms with Crippen molar-refractivity contribution in [1.82, 2.24) is 5.32 Å². The van der Waals surface area contributed by atoms with E-state index in [1.807, 2.05) is 0 Å². The second-order valence-corrected chi connectivity index (χ2v) is 6.41. The molecule has 0 aliphatic carbocycles. The topological polar surface area (TPSA) is 95.5 Å². The van der Waals surface area contributed by atoms with Gasteiger partial charge in [0.05, 0.1) is 0 Å². The number of halogens is 1. The first-order chi connectivity index (χ1) is 14.0. The molecule has 0 heterocycles. The van der Waals surface area contributed by atoms with Gasteiger partial charge in [0.25, 0.3) is 5.91 Å². The lowest BCUT2D eigenvalue weighted by molar-refractivity contribution is -0.137. The van der Waals surface area contributed by atoms with E-state index in [-0.39, 0.29) is 12.3 Å². The molecule has 0 radical (unpaired) electrons. The Labute approximate surface area is 168 Å². The molecule has 3 N–H and O–H groups in total. The summed E-state index contributed by atoms with van der Waals surface area (Å²) in [6.07, 6.45) is 6.19. The van der Waals surface area contributed by atoms with Gasteiger partial charge in [0.15, 0.2) is 0 Å². The smallest absolute Gasteiger partial charge is 0.303 e. The second kappa shape index (κ2) is 11.4. The molecule has 0 bridgehead atoms. The third-order valence-electron chi connectivity index (χ3n) is 4.21. The number of benzene rings is 2. The van der Waals surface area contributed by atoms with Gasteiger partial charge in [-0.1, -0.05) is 30.7 Å². The van der Waals surface area contributed by atoms with E-state index in [2.05, 4.69) is 10.6 Å². The van der Waals surface area contributed by atoms with Crippen LogP contribution in [-0.4, -0.2) is 29.9 Å². The lowest BCUT2D eigenvalue weighted by Crippen LogP contribution is -2.24. The van der Waals surface area contributed by atoms with Crippen LogP contribution in [0.25, 0.3) is 12.2 Å². The Hall–Kier alpha value is -3.48. The Kier molecular flexibility index (Phi) is 8.56. The lowest BCUT2D eigenvalue weighted by Gasteiger charge is -2.06. The number of hydrogen-bond acceptors (Lipinski definition) is 3. The zero-order valence-corrected chi connectivity index (χ0v) is 15.9. The fraction of sp³-hybridized carbons (Fsp3) is 0.227. The summed E-state index contributed by atoms with van der Waals surface area (Å²) in [6.45, 7) is 0.492. The predicted molar refractivity (Wildman–Crippen MR) is 110 cm³/mol. The van der Waals surface area contributed by atoms with Crippen molar-refractivity contribution >= 4 is 36.1 Å². The normalized spacial score (nSPS) is 10.7. The maximum absolute atomic E-state index is 13.4. The van der Waals surface area contributed by atoms with Crippen molar-refractivity contribution in [3.05, 3.63) is 65.0 Å². The van der Waals surface area contributed by atoms with Crippen LogP contribution < -0.4 is 10.6 Å². The first kappa shape index (κ1) is 21.8. The number of carbonyl (C=O) groups excluding carboxylic acids is 2. The Bertz CT molecular complexity index is 879. The van der Waals surface area contributed by atoms with Gasteiger partial charge in [0, 0.05) is 29.8 Å². The zero-order chi connectivity index (χ0) is 21.1. The third-order valence-corrected chi connectivity index (χ3v) is 4.21. The van der Waals surface area contributed by atoms with Gasteiger partial charge in [-0.15, -0.1) is 0 Å². The second-order valence-electron chi connectivity index (χ2n) is 6.41. The van der Waals surface area contributed by atoms with Crippen LogP contribution in [0.1, 0.15) is 47.2 Å². The van der Waals surface area contributed by atoms with Gasteiger partial charge >= 0.3 is 5.97 Å². The molecule has 2 rings (SSSR count). The number of hydrogen-bond donors (Lipinski definition) is 3. The molecule has 152 valence electrons. The summed E-state index contributed by atoms with van der Waals surface area (Å²) in [5.41, 5.74) is 2.36. The fourth-order valence-corrected chi connectivity index (χ4v) is 2.68. The van der Waals surface area contributed by atoms with E-state index in [4.69, 9.17) is 5.11 Å². The average molecular weight is 398 g/mol. The molecule has 0 fully saturated rings. The summed E-state index contributed by atoms with van der Waals surface area (Å²) < 4.78 is 13.4. The Morgan fingerprint density at radius 3 is 2.45 bits per heavy atom. The van der Waals surface area contributed by atoms with Crippen molar-refractivity contribution in [2.75, 3.05) is 11.9 Å². The van der Waals surface area contributed by atoms with Gasteiger partial charge in [0.1, 0.15) is 5.82 Å². The van der Waals surface area contributed by atoms with Crippen molar-refractivity contribution in [2.45, 2.75) is 25.7 Å². The molecular formula is C22H23FN2O4. The van der Waals surface area contributed by atoms with Gasteiger partial charge in [-0.2, -0.15) is 0 Å². The number of carbonyl (C=O) groups is 3. The minimum Gasteiger partial charge on any atom is -0.481 e. The van der Waals surface area contributed by atoms with Gasteiger partial charge in [-0.25, -0.2) is 4.39 Å². The number of aliphatic carboxylic acids is 1. The van der Waals surface area contributed by atoms with Crippen molar-refractivity contribution in [3.8, 4) is 0 Å². The summed E-state index contributed by atoms with van der Waals surface area (Å²) in [5, 5.41) is 13.9. The Balaban J connectivity index is 1.89. The number of nitrogens with one attached hydrogen (secondary N) is 2. The maximum atomic E-state index is 13.4. The lowest BCUT2D eigenvalue weighted by atomic mass is 10.1. The molecular weight excluding hydrogens is 375 g/mol. The molecule has 2 aromatic carbocycles. The molecule has 0 aliphatic heterocycles. The molecule has 0 saturated carbocycles. The number of amides is 2. The summed E-state index contributed by atoms with van der Waals surface area (Å²) in [4.78, 5) is 33.2. The Morgan fingerprint density at radius 2 is 1.76 bits per heavy atom. The highest BCUT2D eigenvalue weighted by molar-refractivity contribution is 5.94. The number of carboxylic acid groups (broad SMARTS) is 1. The largest absolute Gasteiger partial charge is 0.481 e. The molecule has 0 aliphatic rings.